The lowest BCUT2D eigenvalue weighted by Gasteiger charge is -2.20. The van der Waals surface area contributed by atoms with E-state index in [1.165, 1.54) is 25.7 Å². The Labute approximate surface area is 131 Å². The van der Waals surface area contributed by atoms with E-state index in [4.69, 9.17) is 0 Å². The molecular formula is C18H25NO3. The van der Waals surface area contributed by atoms with E-state index in [2.05, 4.69) is 5.32 Å². The highest BCUT2D eigenvalue weighted by atomic mass is 16.4. The number of carbonyl (C=O) groups excluding carboxylic acids is 1. The van der Waals surface area contributed by atoms with Gasteiger partial charge in [-0.25, -0.2) is 4.79 Å². The minimum absolute atomic E-state index is 0.124. The lowest BCUT2D eigenvalue weighted by atomic mass is 9.93. The van der Waals surface area contributed by atoms with Gasteiger partial charge in [-0.2, -0.15) is 0 Å². The fourth-order valence-corrected chi connectivity index (χ4v) is 3.22. The summed E-state index contributed by atoms with van der Waals surface area (Å²) >= 11 is 0. The summed E-state index contributed by atoms with van der Waals surface area (Å²) in [4.78, 5) is 23.7. The normalized spacial score (nSPS) is 17.9. The molecule has 0 heterocycles. The van der Waals surface area contributed by atoms with E-state index in [9.17, 15) is 14.7 Å². The van der Waals surface area contributed by atoms with Crippen molar-refractivity contribution in [3.8, 4) is 0 Å². The smallest absolute Gasteiger partial charge is 0.326 e. The summed E-state index contributed by atoms with van der Waals surface area (Å²) in [6.07, 6.45) is 6.09. The Morgan fingerprint density at radius 1 is 1.23 bits per heavy atom. The van der Waals surface area contributed by atoms with Gasteiger partial charge < -0.3 is 10.4 Å². The van der Waals surface area contributed by atoms with Gasteiger partial charge in [-0.3, -0.25) is 4.79 Å². The molecule has 22 heavy (non-hydrogen) atoms. The van der Waals surface area contributed by atoms with Crippen molar-refractivity contribution in [1.82, 2.24) is 5.32 Å². The SMILES string of the molecule is CC(CC1CCCC1)C(=O)NC(Cc1ccccc1)C(=O)O. The maximum Gasteiger partial charge on any atom is 0.326 e. The van der Waals surface area contributed by atoms with Crippen LogP contribution in [0.5, 0.6) is 0 Å². The Kier molecular flexibility index (Phi) is 5.99. The molecule has 4 heteroatoms. The van der Waals surface area contributed by atoms with E-state index in [-0.39, 0.29) is 11.8 Å². The van der Waals surface area contributed by atoms with Crippen molar-refractivity contribution in [1.29, 1.82) is 0 Å². The van der Waals surface area contributed by atoms with Crippen LogP contribution in [0.3, 0.4) is 0 Å². The Balaban J connectivity index is 1.89. The zero-order valence-corrected chi connectivity index (χ0v) is 13.1. The first-order valence-corrected chi connectivity index (χ1v) is 8.13. The first kappa shape index (κ1) is 16.5. The molecule has 2 atom stereocenters. The number of hydrogen-bond donors (Lipinski definition) is 2. The molecule has 0 saturated heterocycles. The summed E-state index contributed by atoms with van der Waals surface area (Å²) in [7, 11) is 0. The Morgan fingerprint density at radius 2 is 1.86 bits per heavy atom. The van der Waals surface area contributed by atoms with Crippen molar-refractivity contribution in [3.63, 3.8) is 0 Å². The van der Waals surface area contributed by atoms with Gasteiger partial charge in [0.15, 0.2) is 0 Å². The van der Waals surface area contributed by atoms with Gasteiger partial charge >= 0.3 is 5.97 Å². The number of carboxylic acids is 1. The molecule has 2 rings (SSSR count). The number of rotatable bonds is 7. The van der Waals surface area contributed by atoms with Crippen LogP contribution in [0.4, 0.5) is 0 Å². The summed E-state index contributed by atoms with van der Waals surface area (Å²) in [5, 5.41) is 12.0. The highest BCUT2D eigenvalue weighted by Crippen LogP contribution is 2.30. The predicted octanol–water partition coefficient (Wildman–Crippen LogP) is 3.01. The maximum atomic E-state index is 12.3. The molecule has 2 unspecified atom stereocenters. The van der Waals surface area contributed by atoms with Crippen molar-refractivity contribution in [2.24, 2.45) is 11.8 Å². The average molecular weight is 303 g/mol. The largest absolute Gasteiger partial charge is 0.480 e. The van der Waals surface area contributed by atoms with Gasteiger partial charge in [0.1, 0.15) is 6.04 Å². The van der Waals surface area contributed by atoms with Gasteiger partial charge in [-0.15, -0.1) is 0 Å². The Hall–Kier alpha value is -1.84. The standard InChI is InChI=1S/C18H25NO3/c1-13(11-14-9-5-6-10-14)17(20)19-16(18(21)22)12-15-7-3-2-4-8-15/h2-4,7-8,13-14,16H,5-6,9-12H2,1H3,(H,19,20)(H,21,22). The summed E-state index contributed by atoms with van der Waals surface area (Å²) < 4.78 is 0. The number of amides is 1. The number of benzene rings is 1. The first-order valence-electron chi connectivity index (χ1n) is 8.13. The summed E-state index contributed by atoms with van der Waals surface area (Å²) in [5.41, 5.74) is 0.915. The lowest BCUT2D eigenvalue weighted by Crippen LogP contribution is -2.44. The number of carbonyl (C=O) groups is 2. The lowest BCUT2D eigenvalue weighted by molar-refractivity contribution is -0.142. The molecule has 2 N–H and O–H groups in total. The molecule has 0 bridgehead atoms. The summed E-state index contributed by atoms with van der Waals surface area (Å²) in [6, 6.07) is 8.54. The van der Waals surface area contributed by atoms with Gasteiger partial charge in [-0.05, 0) is 17.9 Å². The van der Waals surface area contributed by atoms with Crippen LogP contribution in [-0.4, -0.2) is 23.0 Å². The number of aliphatic carboxylic acids is 1. The van der Waals surface area contributed by atoms with Crippen LogP contribution >= 0.6 is 0 Å². The number of nitrogens with one attached hydrogen (secondary N) is 1. The summed E-state index contributed by atoms with van der Waals surface area (Å²) in [6.45, 7) is 1.90. The van der Waals surface area contributed by atoms with Crippen molar-refractivity contribution in [2.45, 2.75) is 51.5 Å². The minimum Gasteiger partial charge on any atom is -0.480 e. The Morgan fingerprint density at radius 3 is 2.45 bits per heavy atom. The second-order valence-electron chi connectivity index (χ2n) is 6.38. The molecule has 1 aliphatic rings. The predicted molar refractivity (Wildman–Crippen MR) is 85.5 cm³/mol. The van der Waals surface area contributed by atoms with Crippen LogP contribution in [-0.2, 0) is 16.0 Å². The van der Waals surface area contributed by atoms with Crippen molar-refractivity contribution >= 4 is 11.9 Å². The zero-order chi connectivity index (χ0) is 15.9. The van der Waals surface area contributed by atoms with Gasteiger partial charge in [0.25, 0.3) is 0 Å². The minimum atomic E-state index is -0.981. The fourth-order valence-electron chi connectivity index (χ4n) is 3.22. The molecule has 1 amide bonds. The zero-order valence-electron chi connectivity index (χ0n) is 13.1. The molecule has 1 fully saturated rings. The molecule has 0 spiro atoms. The first-order chi connectivity index (χ1) is 10.6. The van der Waals surface area contributed by atoms with Gasteiger partial charge in [0, 0.05) is 12.3 Å². The number of carboxylic acid groups (broad SMARTS) is 1. The quantitative estimate of drug-likeness (QED) is 0.813. The van der Waals surface area contributed by atoms with E-state index in [1.807, 2.05) is 37.3 Å². The van der Waals surface area contributed by atoms with E-state index in [1.54, 1.807) is 0 Å². The van der Waals surface area contributed by atoms with Crippen molar-refractivity contribution in [3.05, 3.63) is 35.9 Å². The fraction of sp³-hybridized carbons (Fsp3) is 0.556. The third-order valence-corrected chi connectivity index (χ3v) is 4.51. The van der Waals surface area contributed by atoms with Crippen molar-refractivity contribution < 1.29 is 14.7 Å². The highest BCUT2D eigenvalue weighted by Gasteiger charge is 2.26. The van der Waals surface area contributed by atoms with E-state index in [0.717, 1.165) is 12.0 Å². The third-order valence-electron chi connectivity index (χ3n) is 4.51. The topological polar surface area (TPSA) is 66.4 Å². The van der Waals surface area contributed by atoms with Crippen molar-refractivity contribution in [2.75, 3.05) is 0 Å². The second-order valence-corrected chi connectivity index (χ2v) is 6.38. The van der Waals surface area contributed by atoms with Gasteiger partial charge in [0.2, 0.25) is 5.91 Å². The molecule has 0 aliphatic heterocycles. The van der Waals surface area contributed by atoms with Crippen LogP contribution in [0, 0.1) is 11.8 Å². The molecular weight excluding hydrogens is 278 g/mol. The maximum absolute atomic E-state index is 12.3. The highest BCUT2D eigenvalue weighted by molar-refractivity contribution is 5.85. The van der Waals surface area contributed by atoms with Crippen LogP contribution in [0.25, 0.3) is 0 Å². The van der Waals surface area contributed by atoms with Crippen LogP contribution in [0.1, 0.15) is 44.6 Å². The number of hydrogen-bond acceptors (Lipinski definition) is 2. The molecule has 0 radical (unpaired) electrons. The van der Waals surface area contributed by atoms with E-state index >= 15 is 0 Å². The van der Waals surface area contributed by atoms with Gasteiger partial charge in [0.05, 0.1) is 0 Å². The van der Waals surface area contributed by atoms with Crippen LogP contribution < -0.4 is 5.32 Å². The second kappa shape index (κ2) is 7.97. The van der Waals surface area contributed by atoms with Gasteiger partial charge in [-0.1, -0.05) is 62.9 Å². The third kappa shape index (κ3) is 4.86. The van der Waals surface area contributed by atoms with Crippen LogP contribution in [0.2, 0.25) is 0 Å². The molecule has 4 nitrogen and oxygen atoms in total. The van der Waals surface area contributed by atoms with E-state index in [0.29, 0.717) is 12.3 Å². The summed E-state index contributed by atoms with van der Waals surface area (Å²) in [5.74, 6) is -0.626. The molecule has 1 aliphatic carbocycles. The molecule has 0 aromatic heterocycles. The molecule has 1 aromatic rings. The molecule has 120 valence electrons. The molecule has 1 aromatic carbocycles. The van der Waals surface area contributed by atoms with Crippen LogP contribution in [0.15, 0.2) is 30.3 Å². The Bertz CT molecular complexity index is 494. The van der Waals surface area contributed by atoms with E-state index < -0.39 is 12.0 Å². The monoisotopic (exact) mass is 303 g/mol. The molecule has 1 saturated carbocycles. The average Bonchev–Trinajstić information content (AvgIpc) is 3.00.